The predicted molar refractivity (Wildman–Crippen MR) is 81.6 cm³/mol. The largest absolute Gasteiger partial charge is 0.480 e. The molecule has 1 atom stereocenters. The molecule has 2 aromatic rings. The molecule has 0 heterocycles. The molecule has 1 unspecified atom stereocenters. The van der Waals surface area contributed by atoms with Crippen molar-refractivity contribution in [2.45, 2.75) is 25.8 Å². The van der Waals surface area contributed by atoms with Gasteiger partial charge in [-0.1, -0.05) is 41.4 Å². The molecule has 3 nitrogen and oxygen atoms in total. The van der Waals surface area contributed by atoms with Crippen molar-refractivity contribution >= 4 is 38.4 Å². The first kappa shape index (κ1) is 13.9. The van der Waals surface area contributed by atoms with E-state index in [2.05, 4.69) is 21.2 Å². The fourth-order valence-corrected chi connectivity index (χ4v) is 2.43. The highest BCUT2D eigenvalue weighted by molar-refractivity contribution is 9.10. The van der Waals surface area contributed by atoms with Crippen LogP contribution in [0.25, 0.3) is 10.8 Å². The van der Waals surface area contributed by atoms with Crippen LogP contribution in [-0.4, -0.2) is 17.1 Å². The Bertz CT molecular complexity index is 598. The molecule has 2 aromatic carbocycles. The van der Waals surface area contributed by atoms with Crippen LogP contribution < -0.4 is 5.32 Å². The molecule has 0 bridgehead atoms. The molecular weight excluding hydrogens is 306 g/mol. The number of rotatable bonds is 5. The van der Waals surface area contributed by atoms with Gasteiger partial charge in [0.25, 0.3) is 0 Å². The Hall–Kier alpha value is -1.55. The van der Waals surface area contributed by atoms with E-state index < -0.39 is 12.0 Å². The summed E-state index contributed by atoms with van der Waals surface area (Å²) in [5, 5.41) is 14.4. The van der Waals surface area contributed by atoms with E-state index in [0.717, 1.165) is 27.4 Å². The summed E-state index contributed by atoms with van der Waals surface area (Å²) in [5.41, 5.74) is 0.843. The average Bonchev–Trinajstić information content (AvgIpc) is 2.38. The van der Waals surface area contributed by atoms with Gasteiger partial charge in [0.2, 0.25) is 0 Å². The van der Waals surface area contributed by atoms with Gasteiger partial charge in [-0.2, -0.15) is 0 Å². The van der Waals surface area contributed by atoms with Gasteiger partial charge in [-0.3, -0.25) is 0 Å². The number of benzene rings is 2. The lowest BCUT2D eigenvalue weighted by Gasteiger charge is -2.15. The van der Waals surface area contributed by atoms with Crippen molar-refractivity contribution in [2.24, 2.45) is 0 Å². The van der Waals surface area contributed by atoms with Crippen LogP contribution >= 0.6 is 15.9 Å². The number of hydrogen-bond donors (Lipinski definition) is 2. The van der Waals surface area contributed by atoms with Crippen LogP contribution in [0.3, 0.4) is 0 Å². The Labute approximate surface area is 120 Å². The fraction of sp³-hybridized carbons (Fsp3) is 0.267. The second kappa shape index (κ2) is 6.06. The number of hydrogen-bond acceptors (Lipinski definition) is 2. The molecule has 2 rings (SSSR count). The quantitative estimate of drug-likeness (QED) is 0.864. The first-order chi connectivity index (χ1) is 9.10. The van der Waals surface area contributed by atoms with E-state index in [0.29, 0.717) is 6.42 Å². The van der Waals surface area contributed by atoms with Crippen molar-refractivity contribution in [3.8, 4) is 0 Å². The first-order valence-electron chi connectivity index (χ1n) is 6.29. The maximum atomic E-state index is 11.1. The maximum absolute atomic E-state index is 11.1. The molecule has 0 aromatic heterocycles. The van der Waals surface area contributed by atoms with Gasteiger partial charge in [0.05, 0.1) is 0 Å². The number of aliphatic carboxylic acids is 1. The monoisotopic (exact) mass is 321 g/mol. The Morgan fingerprint density at radius 2 is 1.95 bits per heavy atom. The van der Waals surface area contributed by atoms with E-state index >= 15 is 0 Å². The summed E-state index contributed by atoms with van der Waals surface area (Å²) in [6.45, 7) is 1.98. The molecule has 0 aliphatic carbocycles. The number of carbonyl (C=O) groups is 1. The predicted octanol–water partition coefficient (Wildman–Crippen LogP) is 4.27. The van der Waals surface area contributed by atoms with Crippen LogP contribution in [0, 0.1) is 0 Å². The fourth-order valence-electron chi connectivity index (χ4n) is 2.05. The minimum absolute atomic E-state index is 0.530. The van der Waals surface area contributed by atoms with Crippen molar-refractivity contribution in [1.82, 2.24) is 0 Å². The van der Waals surface area contributed by atoms with Gasteiger partial charge >= 0.3 is 5.97 Å². The molecule has 0 saturated carbocycles. The van der Waals surface area contributed by atoms with Gasteiger partial charge in [0.1, 0.15) is 6.04 Å². The number of halogens is 1. The summed E-state index contributed by atoms with van der Waals surface area (Å²) in [6, 6.07) is 11.4. The topological polar surface area (TPSA) is 49.3 Å². The van der Waals surface area contributed by atoms with Gasteiger partial charge in [-0.25, -0.2) is 4.79 Å². The zero-order valence-corrected chi connectivity index (χ0v) is 12.3. The number of anilines is 1. The van der Waals surface area contributed by atoms with Crippen molar-refractivity contribution in [3.63, 3.8) is 0 Å². The Morgan fingerprint density at radius 3 is 2.63 bits per heavy atom. The molecule has 4 heteroatoms. The number of carboxylic acids is 1. The van der Waals surface area contributed by atoms with Crippen LogP contribution in [-0.2, 0) is 4.79 Å². The van der Waals surface area contributed by atoms with Gasteiger partial charge < -0.3 is 10.4 Å². The molecule has 0 fully saturated rings. The molecule has 100 valence electrons. The smallest absolute Gasteiger partial charge is 0.326 e. The van der Waals surface area contributed by atoms with Gasteiger partial charge in [0.15, 0.2) is 0 Å². The number of fused-ring (bicyclic) bond motifs is 1. The van der Waals surface area contributed by atoms with Gasteiger partial charge in [0, 0.05) is 10.2 Å². The molecule has 0 spiro atoms. The van der Waals surface area contributed by atoms with E-state index in [1.165, 1.54) is 0 Å². The van der Waals surface area contributed by atoms with Crippen LogP contribution in [0.1, 0.15) is 19.8 Å². The lowest BCUT2D eigenvalue weighted by atomic mass is 10.1. The molecule has 0 radical (unpaired) electrons. The van der Waals surface area contributed by atoms with Gasteiger partial charge in [-0.15, -0.1) is 0 Å². The van der Waals surface area contributed by atoms with E-state index in [4.69, 9.17) is 5.11 Å². The van der Waals surface area contributed by atoms with Crippen molar-refractivity contribution in [1.29, 1.82) is 0 Å². The minimum atomic E-state index is -0.808. The third-order valence-corrected chi connectivity index (χ3v) is 3.51. The second-order valence-corrected chi connectivity index (χ2v) is 5.45. The summed E-state index contributed by atoms with van der Waals surface area (Å²) in [7, 11) is 0. The highest BCUT2D eigenvalue weighted by Crippen LogP contribution is 2.23. The van der Waals surface area contributed by atoms with E-state index in [-0.39, 0.29) is 0 Å². The van der Waals surface area contributed by atoms with Crippen LogP contribution in [0.5, 0.6) is 0 Å². The molecule has 0 aliphatic rings. The number of carboxylic acid groups (broad SMARTS) is 1. The van der Waals surface area contributed by atoms with Crippen LogP contribution in [0.15, 0.2) is 40.9 Å². The standard InChI is InChI=1S/C15H16BrNO2/c1-2-3-14(15(18)19)17-13-7-5-10-8-12(16)6-4-11(10)9-13/h4-9,14,17H,2-3H2,1H3,(H,18,19). The molecule has 0 amide bonds. The third-order valence-electron chi connectivity index (χ3n) is 3.02. The second-order valence-electron chi connectivity index (χ2n) is 4.53. The van der Waals surface area contributed by atoms with E-state index in [1.807, 2.05) is 43.3 Å². The van der Waals surface area contributed by atoms with E-state index in [9.17, 15) is 4.79 Å². The maximum Gasteiger partial charge on any atom is 0.326 e. The molecule has 19 heavy (non-hydrogen) atoms. The Kier molecular flexibility index (Phi) is 4.43. The van der Waals surface area contributed by atoms with Crippen molar-refractivity contribution in [2.75, 3.05) is 5.32 Å². The first-order valence-corrected chi connectivity index (χ1v) is 7.08. The average molecular weight is 322 g/mol. The van der Waals surface area contributed by atoms with Crippen LogP contribution in [0.4, 0.5) is 5.69 Å². The molecule has 0 aliphatic heterocycles. The summed E-state index contributed by atoms with van der Waals surface area (Å²) in [6.07, 6.45) is 1.46. The van der Waals surface area contributed by atoms with Gasteiger partial charge in [-0.05, 0) is 41.5 Å². The Morgan fingerprint density at radius 1 is 1.26 bits per heavy atom. The lowest BCUT2D eigenvalue weighted by Crippen LogP contribution is -2.28. The Balaban J connectivity index is 2.25. The normalized spacial score (nSPS) is 12.3. The van der Waals surface area contributed by atoms with E-state index in [1.54, 1.807) is 0 Å². The summed E-state index contributed by atoms with van der Waals surface area (Å²) < 4.78 is 1.04. The third kappa shape index (κ3) is 3.47. The highest BCUT2D eigenvalue weighted by Gasteiger charge is 2.15. The zero-order valence-electron chi connectivity index (χ0n) is 10.7. The SMILES string of the molecule is CCCC(Nc1ccc2cc(Br)ccc2c1)C(=O)O. The summed E-state index contributed by atoms with van der Waals surface area (Å²) in [4.78, 5) is 11.1. The minimum Gasteiger partial charge on any atom is -0.480 e. The molecular formula is C15H16BrNO2. The summed E-state index contributed by atoms with van der Waals surface area (Å²) in [5.74, 6) is -0.808. The lowest BCUT2D eigenvalue weighted by molar-refractivity contribution is -0.138. The molecule has 0 saturated heterocycles. The number of nitrogens with one attached hydrogen (secondary N) is 1. The van der Waals surface area contributed by atoms with Crippen LogP contribution in [0.2, 0.25) is 0 Å². The van der Waals surface area contributed by atoms with Crippen molar-refractivity contribution in [3.05, 3.63) is 40.9 Å². The van der Waals surface area contributed by atoms with Crippen molar-refractivity contribution < 1.29 is 9.90 Å². The molecule has 2 N–H and O–H groups in total. The summed E-state index contributed by atoms with van der Waals surface area (Å²) >= 11 is 3.44. The highest BCUT2D eigenvalue weighted by atomic mass is 79.9. The zero-order chi connectivity index (χ0) is 13.8.